The third-order valence-electron chi connectivity index (χ3n) is 3.25. The highest BCUT2D eigenvalue weighted by atomic mass is 35.5. The maximum Gasteiger partial charge on any atom is 0.0855 e. The molecule has 3 nitrogen and oxygen atoms in total. The van der Waals surface area contributed by atoms with Gasteiger partial charge in [-0.1, -0.05) is 11.6 Å². The number of nitrogens with zero attached hydrogens (tertiary/aromatic N) is 2. The number of rotatable bonds is 2. The molecule has 0 N–H and O–H groups in total. The highest BCUT2D eigenvalue weighted by Gasteiger charge is 2.17. The van der Waals surface area contributed by atoms with Crippen molar-refractivity contribution in [3.63, 3.8) is 0 Å². The van der Waals surface area contributed by atoms with Gasteiger partial charge in [0.05, 0.1) is 18.0 Å². The molecule has 0 saturated carbocycles. The second-order valence-corrected chi connectivity index (χ2v) is 4.99. The van der Waals surface area contributed by atoms with Gasteiger partial charge in [0.15, 0.2) is 0 Å². The lowest BCUT2D eigenvalue weighted by atomic mass is 10.0. The largest absolute Gasteiger partial charge is 0.373 e. The summed E-state index contributed by atoms with van der Waals surface area (Å²) in [6, 6.07) is 7.66. The summed E-state index contributed by atoms with van der Waals surface area (Å²) in [5.41, 5.74) is 2.17. The van der Waals surface area contributed by atoms with E-state index in [2.05, 4.69) is 5.10 Å². The molecule has 3 rings (SSSR count). The van der Waals surface area contributed by atoms with Gasteiger partial charge in [0.1, 0.15) is 0 Å². The highest BCUT2D eigenvalue weighted by Crippen LogP contribution is 2.27. The Labute approximate surface area is 111 Å². The lowest BCUT2D eigenvalue weighted by Gasteiger charge is -2.21. The smallest absolute Gasteiger partial charge is 0.0855 e. The first kappa shape index (κ1) is 11.8. The van der Waals surface area contributed by atoms with E-state index in [9.17, 15) is 0 Å². The van der Waals surface area contributed by atoms with Crippen molar-refractivity contribution in [3.8, 4) is 5.69 Å². The zero-order chi connectivity index (χ0) is 12.4. The topological polar surface area (TPSA) is 27.1 Å². The van der Waals surface area contributed by atoms with Crippen LogP contribution in [0.5, 0.6) is 0 Å². The molecule has 2 heterocycles. The average Bonchev–Trinajstić information content (AvgIpc) is 2.90. The molecule has 0 spiro atoms. The lowest BCUT2D eigenvalue weighted by Crippen LogP contribution is -2.10. The Morgan fingerprint density at radius 2 is 2.06 bits per heavy atom. The van der Waals surface area contributed by atoms with Crippen LogP contribution in [0, 0.1) is 0 Å². The third kappa shape index (κ3) is 2.42. The summed E-state index contributed by atoms with van der Waals surface area (Å²) in [6.45, 7) is 0.858. The Morgan fingerprint density at radius 3 is 2.78 bits per heavy atom. The Balaban J connectivity index is 1.82. The van der Waals surface area contributed by atoms with Crippen LogP contribution in [0.25, 0.3) is 5.69 Å². The molecule has 0 radical (unpaired) electrons. The van der Waals surface area contributed by atoms with Crippen molar-refractivity contribution < 1.29 is 4.74 Å². The first-order chi connectivity index (χ1) is 8.83. The number of halogens is 1. The number of ether oxygens (including phenoxy) is 1. The Kier molecular flexibility index (Phi) is 3.35. The van der Waals surface area contributed by atoms with Crippen LogP contribution in [0.3, 0.4) is 0 Å². The normalized spacial score (nSPS) is 19.9. The van der Waals surface area contributed by atoms with Crippen molar-refractivity contribution in [3.05, 3.63) is 47.2 Å². The molecule has 1 saturated heterocycles. The molecule has 1 aliphatic heterocycles. The molecule has 1 aromatic heterocycles. The van der Waals surface area contributed by atoms with E-state index in [-0.39, 0.29) is 6.10 Å². The van der Waals surface area contributed by atoms with Crippen LogP contribution in [-0.2, 0) is 4.74 Å². The van der Waals surface area contributed by atoms with Gasteiger partial charge in [0.2, 0.25) is 0 Å². The number of hydrogen-bond acceptors (Lipinski definition) is 2. The van der Waals surface area contributed by atoms with Gasteiger partial charge in [0.25, 0.3) is 0 Å². The minimum atomic E-state index is 0.208. The molecule has 94 valence electrons. The molecule has 4 heteroatoms. The molecule has 0 amide bonds. The summed E-state index contributed by atoms with van der Waals surface area (Å²) in [6.07, 6.45) is 7.63. The van der Waals surface area contributed by atoms with Crippen molar-refractivity contribution in [1.29, 1.82) is 0 Å². The van der Waals surface area contributed by atoms with Crippen LogP contribution in [-0.4, -0.2) is 16.4 Å². The van der Waals surface area contributed by atoms with Crippen LogP contribution < -0.4 is 0 Å². The van der Waals surface area contributed by atoms with Gasteiger partial charge in [-0.3, -0.25) is 0 Å². The van der Waals surface area contributed by atoms with E-state index in [4.69, 9.17) is 16.3 Å². The maximum atomic E-state index is 5.88. The van der Waals surface area contributed by atoms with Crippen molar-refractivity contribution in [1.82, 2.24) is 9.78 Å². The summed E-state index contributed by atoms with van der Waals surface area (Å²) < 4.78 is 7.62. The fraction of sp³-hybridized carbons (Fsp3) is 0.357. The Bertz CT molecular complexity index is 515. The predicted molar refractivity (Wildman–Crippen MR) is 71.1 cm³/mol. The van der Waals surface area contributed by atoms with Gasteiger partial charge in [-0.15, -0.1) is 0 Å². The molecule has 1 fully saturated rings. The molecule has 1 aromatic carbocycles. The number of aromatic nitrogens is 2. The zero-order valence-electron chi connectivity index (χ0n) is 10.1. The van der Waals surface area contributed by atoms with E-state index in [1.807, 2.05) is 41.3 Å². The summed E-state index contributed by atoms with van der Waals surface area (Å²) in [4.78, 5) is 0. The van der Waals surface area contributed by atoms with E-state index in [1.54, 1.807) is 0 Å². The molecule has 18 heavy (non-hydrogen) atoms. The average molecular weight is 263 g/mol. The van der Waals surface area contributed by atoms with Gasteiger partial charge in [-0.05, 0) is 43.5 Å². The molecule has 2 aromatic rings. The van der Waals surface area contributed by atoms with Gasteiger partial charge in [0, 0.05) is 23.4 Å². The maximum absolute atomic E-state index is 5.88. The minimum Gasteiger partial charge on any atom is -0.373 e. The molecule has 1 atom stereocenters. The quantitative estimate of drug-likeness (QED) is 0.824. The lowest BCUT2D eigenvalue weighted by molar-refractivity contribution is 0.0149. The Morgan fingerprint density at radius 1 is 1.22 bits per heavy atom. The van der Waals surface area contributed by atoms with Gasteiger partial charge in [-0.25, -0.2) is 4.68 Å². The van der Waals surface area contributed by atoms with E-state index in [0.717, 1.165) is 29.3 Å². The van der Waals surface area contributed by atoms with Gasteiger partial charge < -0.3 is 4.74 Å². The minimum absolute atomic E-state index is 0.208. The first-order valence-corrected chi connectivity index (χ1v) is 6.63. The summed E-state index contributed by atoms with van der Waals surface area (Å²) in [7, 11) is 0. The van der Waals surface area contributed by atoms with Crippen LogP contribution in [0.2, 0.25) is 5.02 Å². The Hall–Kier alpha value is -1.32. The molecular weight excluding hydrogens is 248 g/mol. The monoisotopic (exact) mass is 262 g/mol. The molecular formula is C14H15ClN2O. The SMILES string of the molecule is Clc1ccc(-n2cc(C3CCCCO3)cn2)cc1. The molecule has 1 aliphatic rings. The van der Waals surface area contributed by atoms with Crippen molar-refractivity contribution in [2.45, 2.75) is 25.4 Å². The van der Waals surface area contributed by atoms with E-state index >= 15 is 0 Å². The molecule has 0 aliphatic carbocycles. The third-order valence-corrected chi connectivity index (χ3v) is 3.50. The van der Waals surface area contributed by atoms with Gasteiger partial charge >= 0.3 is 0 Å². The predicted octanol–water partition coefficient (Wildman–Crippen LogP) is 3.77. The summed E-state index contributed by atoms with van der Waals surface area (Å²) in [5, 5.41) is 5.12. The van der Waals surface area contributed by atoms with Crippen molar-refractivity contribution in [2.24, 2.45) is 0 Å². The van der Waals surface area contributed by atoms with Crippen LogP contribution >= 0.6 is 11.6 Å². The summed E-state index contributed by atoms with van der Waals surface area (Å²) in [5.74, 6) is 0. The molecule has 1 unspecified atom stereocenters. The van der Waals surface area contributed by atoms with E-state index < -0.39 is 0 Å². The fourth-order valence-corrected chi connectivity index (χ4v) is 2.37. The first-order valence-electron chi connectivity index (χ1n) is 6.25. The van der Waals surface area contributed by atoms with Crippen molar-refractivity contribution in [2.75, 3.05) is 6.61 Å². The second kappa shape index (κ2) is 5.12. The fourth-order valence-electron chi connectivity index (χ4n) is 2.24. The zero-order valence-corrected chi connectivity index (χ0v) is 10.8. The van der Waals surface area contributed by atoms with Crippen LogP contribution in [0.1, 0.15) is 30.9 Å². The number of benzene rings is 1. The highest BCUT2D eigenvalue weighted by molar-refractivity contribution is 6.30. The van der Waals surface area contributed by atoms with Gasteiger partial charge in [-0.2, -0.15) is 5.10 Å². The standard InChI is InChI=1S/C14H15ClN2O/c15-12-4-6-13(7-5-12)17-10-11(9-16-17)14-3-1-2-8-18-14/h4-7,9-10,14H,1-3,8H2. The van der Waals surface area contributed by atoms with Crippen LogP contribution in [0.4, 0.5) is 0 Å². The van der Waals surface area contributed by atoms with Crippen LogP contribution in [0.15, 0.2) is 36.7 Å². The van der Waals surface area contributed by atoms with E-state index in [0.29, 0.717) is 0 Å². The summed E-state index contributed by atoms with van der Waals surface area (Å²) >= 11 is 5.88. The van der Waals surface area contributed by atoms with Crippen molar-refractivity contribution >= 4 is 11.6 Å². The molecule has 0 bridgehead atoms. The number of hydrogen-bond donors (Lipinski definition) is 0. The van der Waals surface area contributed by atoms with E-state index in [1.165, 1.54) is 12.8 Å². The second-order valence-electron chi connectivity index (χ2n) is 4.55.